The van der Waals surface area contributed by atoms with Crippen molar-refractivity contribution in [2.45, 2.75) is 10.1 Å². The smallest absolute Gasteiger partial charge is 0.261 e. The molecule has 0 radical (unpaired) electrons. The van der Waals surface area contributed by atoms with Crippen molar-refractivity contribution in [3.8, 4) is 5.75 Å². The second-order valence-corrected chi connectivity index (χ2v) is 8.03. The molecule has 3 aromatic heterocycles. The van der Waals surface area contributed by atoms with Crippen molar-refractivity contribution in [1.29, 1.82) is 0 Å². The fraction of sp³-hybridized carbons (Fsp3) is 0.105. The molecule has 0 bridgehead atoms. The Labute approximate surface area is 173 Å². The van der Waals surface area contributed by atoms with Crippen LogP contribution in [-0.2, 0) is 5.75 Å². The fourth-order valence-corrected chi connectivity index (χ4v) is 4.27. The first-order valence-corrected chi connectivity index (χ1v) is 10.3. The van der Waals surface area contributed by atoms with Gasteiger partial charge in [0, 0.05) is 18.0 Å². The van der Waals surface area contributed by atoms with Crippen LogP contribution in [0, 0.1) is 0 Å². The number of anilines is 1. The quantitative estimate of drug-likeness (QED) is 0.374. The second kappa shape index (κ2) is 8.41. The minimum Gasteiger partial charge on any atom is -0.496 e. The Bertz CT molecular complexity index is 1240. The zero-order valence-corrected chi connectivity index (χ0v) is 16.9. The molecule has 0 unspecified atom stereocenters. The average Bonchev–Trinajstić information content (AvgIpc) is 3.19. The van der Waals surface area contributed by atoms with E-state index in [0.29, 0.717) is 37.9 Å². The molecule has 0 aliphatic carbocycles. The van der Waals surface area contributed by atoms with E-state index in [1.54, 1.807) is 42.6 Å². The molecule has 146 valence electrons. The number of fused-ring (bicyclic) bond motifs is 1. The maximum absolute atomic E-state index is 12.4. The Morgan fingerprint density at radius 2 is 2.03 bits per heavy atom. The van der Waals surface area contributed by atoms with Gasteiger partial charge in [-0.2, -0.15) is 0 Å². The number of methoxy groups -OCH3 is 1. The van der Waals surface area contributed by atoms with Gasteiger partial charge in [-0.15, -0.1) is 10.2 Å². The van der Waals surface area contributed by atoms with Gasteiger partial charge in [0.05, 0.1) is 18.4 Å². The number of nitrogens with zero attached hydrogens (tertiary/aromatic N) is 4. The van der Waals surface area contributed by atoms with E-state index in [9.17, 15) is 9.59 Å². The van der Waals surface area contributed by atoms with Crippen molar-refractivity contribution >= 4 is 39.8 Å². The SMILES string of the molecule is COc1ccccc1C(=O)Nc1nnc(SCc2cc(=O)n3ccccc3n2)s1. The van der Waals surface area contributed by atoms with Gasteiger partial charge < -0.3 is 4.74 Å². The lowest BCUT2D eigenvalue weighted by Crippen LogP contribution is -2.14. The molecule has 1 N–H and O–H groups in total. The lowest BCUT2D eigenvalue weighted by Gasteiger charge is -2.06. The summed E-state index contributed by atoms with van der Waals surface area (Å²) in [6.45, 7) is 0. The Kier molecular flexibility index (Phi) is 5.54. The van der Waals surface area contributed by atoms with Gasteiger partial charge in [-0.1, -0.05) is 41.3 Å². The van der Waals surface area contributed by atoms with E-state index in [-0.39, 0.29) is 11.5 Å². The molecule has 4 rings (SSSR count). The van der Waals surface area contributed by atoms with Crippen molar-refractivity contribution in [1.82, 2.24) is 19.6 Å². The van der Waals surface area contributed by atoms with Gasteiger partial charge in [0.2, 0.25) is 5.13 Å². The lowest BCUT2D eigenvalue weighted by atomic mass is 10.2. The van der Waals surface area contributed by atoms with Crippen LogP contribution in [0.3, 0.4) is 0 Å². The highest BCUT2D eigenvalue weighted by atomic mass is 32.2. The first-order valence-electron chi connectivity index (χ1n) is 8.52. The molecular formula is C19H15N5O3S2. The van der Waals surface area contributed by atoms with Crippen molar-refractivity contribution in [2.24, 2.45) is 0 Å². The molecule has 0 atom stereocenters. The molecule has 0 spiro atoms. The maximum atomic E-state index is 12.4. The summed E-state index contributed by atoms with van der Waals surface area (Å²) in [6.07, 6.45) is 1.68. The molecule has 3 heterocycles. The predicted molar refractivity (Wildman–Crippen MR) is 112 cm³/mol. The number of hydrogen-bond acceptors (Lipinski definition) is 8. The van der Waals surface area contributed by atoms with Crippen LogP contribution in [0.1, 0.15) is 16.1 Å². The predicted octanol–water partition coefficient (Wildman–Crippen LogP) is 3.10. The number of benzene rings is 1. The average molecular weight is 425 g/mol. The van der Waals surface area contributed by atoms with Crippen LogP contribution in [0.2, 0.25) is 0 Å². The third-order valence-corrected chi connectivity index (χ3v) is 5.95. The summed E-state index contributed by atoms with van der Waals surface area (Å²) in [5.41, 5.74) is 1.53. The van der Waals surface area contributed by atoms with Gasteiger partial charge in [0.25, 0.3) is 11.5 Å². The molecule has 0 aliphatic heterocycles. The molecule has 0 saturated heterocycles. The van der Waals surface area contributed by atoms with Crippen LogP contribution < -0.4 is 15.6 Å². The summed E-state index contributed by atoms with van der Waals surface area (Å²) in [4.78, 5) is 29.1. The molecule has 0 saturated carbocycles. The van der Waals surface area contributed by atoms with Crippen molar-refractivity contribution in [3.05, 3.63) is 76.3 Å². The molecule has 1 aromatic carbocycles. The van der Waals surface area contributed by atoms with Gasteiger partial charge in [0.15, 0.2) is 4.34 Å². The second-order valence-electron chi connectivity index (χ2n) is 5.83. The number of carbonyl (C=O) groups excluding carboxylic acids is 1. The number of carbonyl (C=O) groups is 1. The number of rotatable bonds is 6. The topological polar surface area (TPSA) is 98.5 Å². The number of pyridine rings is 1. The summed E-state index contributed by atoms with van der Waals surface area (Å²) in [5, 5.41) is 11.2. The van der Waals surface area contributed by atoms with E-state index in [2.05, 4.69) is 20.5 Å². The van der Waals surface area contributed by atoms with E-state index in [1.165, 1.54) is 40.7 Å². The number of thioether (sulfide) groups is 1. The zero-order chi connectivity index (χ0) is 20.2. The molecular weight excluding hydrogens is 410 g/mol. The first kappa shape index (κ1) is 19.1. The summed E-state index contributed by atoms with van der Waals surface area (Å²) >= 11 is 2.65. The Morgan fingerprint density at radius 1 is 1.21 bits per heavy atom. The number of hydrogen-bond donors (Lipinski definition) is 1. The molecule has 0 fully saturated rings. The highest BCUT2D eigenvalue weighted by Crippen LogP contribution is 2.28. The Hall–Kier alpha value is -3.24. The van der Waals surface area contributed by atoms with E-state index in [1.807, 2.05) is 6.07 Å². The minimum absolute atomic E-state index is 0.131. The van der Waals surface area contributed by atoms with E-state index < -0.39 is 0 Å². The number of ether oxygens (including phenoxy) is 1. The molecule has 1 amide bonds. The van der Waals surface area contributed by atoms with Crippen LogP contribution in [0.5, 0.6) is 5.75 Å². The van der Waals surface area contributed by atoms with E-state index >= 15 is 0 Å². The standard InChI is InChI=1S/C19H15N5O3S2/c1-27-14-7-3-2-6-13(14)17(26)21-18-22-23-19(29-18)28-11-12-10-16(25)24-9-5-4-8-15(24)20-12/h2-10H,11H2,1H3,(H,21,22,26). The summed E-state index contributed by atoms with van der Waals surface area (Å²) in [5.74, 6) is 0.632. The first-order chi connectivity index (χ1) is 14.1. The van der Waals surface area contributed by atoms with Crippen molar-refractivity contribution in [2.75, 3.05) is 12.4 Å². The molecule has 29 heavy (non-hydrogen) atoms. The molecule has 4 aromatic rings. The van der Waals surface area contributed by atoms with Gasteiger partial charge in [0.1, 0.15) is 11.4 Å². The Morgan fingerprint density at radius 3 is 2.90 bits per heavy atom. The molecule has 10 heteroatoms. The van der Waals surface area contributed by atoms with Crippen LogP contribution >= 0.6 is 23.1 Å². The molecule has 0 aliphatic rings. The third kappa shape index (κ3) is 4.28. The van der Waals surface area contributed by atoms with Crippen LogP contribution in [0.4, 0.5) is 5.13 Å². The van der Waals surface area contributed by atoms with Crippen LogP contribution in [0.25, 0.3) is 5.65 Å². The van der Waals surface area contributed by atoms with Gasteiger partial charge >= 0.3 is 0 Å². The normalized spacial score (nSPS) is 10.8. The maximum Gasteiger partial charge on any atom is 0.261 e. The highest BCUT2D eigenvalue weighted by Gasteiger charge is 2.14. The number of amides is 1. The monoisotopic (exact) mass is 425 g/mol. The van der Waals surface area contributed by atoms with Gasteiger partial charge in [-0.3, -0.25) is 19.3 Å². The van der Waals surface area contributed by atoms with Gasteiger partial charge in [-0.05, 0) is 24.3 Å². The third-order valence-electron chi connectivity index (χ3n) is 3.95. The largest absolute Gasteiger partial charge is 0.496 e. The van der Waals surface area contributed by atoms with Crippen molar-refractivity contribution < 1.29 is 9.53 Å². The lowest BCUT2D eigenvalue weighted by molar-refractivity contribution is 0.102. The zero-order valence-electron chi connectivity index (χ0n) is 15.2. The minimum atomic E-state index is -0.320. The molecule has 8 nitrogen and oxygen atoms in total. The number of aromatic nitrogens is 4. The van der Waals surface area contributed by atoms with Crippen molar-refractivity contribution in [3.63, 3.8) is 0 Å². The van der Waals surface area contributed by atoms with Crippen LogP contribution in [0.15, 0.2) is 63.9 Å². The van der Waals surface area contributed by atoms with E-state index in [4.69, 9.17) is 4.74 Å². The number of nitrogens with one attached hydrogen (secondary N) is 1. The highest BCUT2D eigenvalue weighted by molar-refractivity contribution is 8.00. The fourth-order valence-electron chi connectivity index (χ4n) is 2.63. The Balaban J connectivity index is 1.43. The summed E-state index contributed by atoms with van der Waals surface area (Å²) in [7, 11) is 1.51. The summed E-state index contributed by atoms with van der Waals surface area (Å²) < 4.78 is 7.36. The summed E-state index contributed by atoms with van der Waals surface area (Å²) in [6, 6.07) is 13.9. The van der Waals surface area contributed by atoms with Gasteiger partial charge in [-0.25, -0.2) is 4.98 Å². The van der Waals surface area contributed by atoms with Crippen LogP contribution in [-0.4, -0.2) is 32.6 Å². The van der Waals surface area contributed by atoms with E-state index in [0.717, 1.165) is 0 Å². The number of para-hydroxylation sites is 1.